The highest BCUT2D eigenvalue weighted by atomic mass is 32.1. The number of hydrogen-bond donors (Lipinski definition) is 2. The Morgan fingerprint density at radius 2 is 1.71 bits per heavy atom. The number of thiocarbonyl (C=S) groups is 1. The van der Waals surface area contributed by atoms with Gasteiger partial charge in [-0.05, 0) is 93.5 Å². The maximum Gasteiger partial charge on any atom is 0.224 e. The van der Waals surface area contributed by atoms with Crippen molar-refractivity contribution >= 4 is 34.6 Å². The molecule has 0 saturated carbocycles. The minimum absolute atomic E-state index is 0.00345. The van der Waals surface area contributed by atoms with Gasteiger partial charge in [0.05, 0.1) is 17.8 Å². The van der Waals surface area contributed by atoms with Gasteiger partial charge < -0.3 is 20.1 Å². The molecule has 0 bridgehead atoms. The summed E-state index contributed by atoms with van der Waals surface area (Å²) in [5.74, 6) is -0.00345. The smallest absolute Gasteiger partial charge is 0.224 e. The van der Waals surface area contributed by atoms with Crippen LogP contribution in [0.4, 0.5) is 11.4 Å². The number of carbonyl (C=O) groups is 1. The highest BCUT2D eigenvalue weighted by Gasteiger charge is 2.43. The first kappa shape index (κ1) is 25.7. The molecule has 0 aliphatic carbocycles. The third-order valence-electron chi connectivity index (χ3n) is 7.50. The van der Waals surface area contributed by atoms with Gasteiger partial charge in [-0.15, -0.1) is 0 Å². The summed E-state index contributed by atoms with van der Waals surface area (Å²) in [6.07, 6.45) is 2.26. The van der Waals surface area contributed by atoms with Gasteiger partial charge in [0.2, 0.25) is 5.91 Å². The Hall–Kier alpha value is -3.97. The van der Waals surface area contributed by atoms with Crippen LogP contribution in [0.15, 0.2) is 72.9 Å². The molecule has 2 atom stereocenters. The standard InChI is InChI=1S/C31H33N5OS/c1-6-27(37)33-25-16-15-24(18-19(25)2)36-30(29(34-31(36)38)26-14-10-11-17-32-26)28-20(3)21(4)35(22(28)5)23-12-8-7-9-13-23/h7-18,29-30H,6H2,1-5H3,(H,33,37)(H,34,38)/t29-,30+/m0/s1. The number of hydrogen-bond acceptors (Lipinski definition) is 3. The Morgan fingerprint density at radius 1 is 0.974 bits per heavy atom. The predicted molar refractivity (Wildman–Crippen MR) is 158 cm³/mol. The fraction of sp³-hybridized carbons (Fsp3) is 0.258. The molecule has 1 saturated heterocycles. The monoisotopic (exact) mass is 523 g/mol. The molecule has 1 fully saturated rings. The molecular formula is C31H33N5OS. The van der Waals surface area contributed by atoms with E-state index >= 15 is 0 Å². The zero-order valence-corrected chi connectivity index (χ0v) is 23.3. The molecule has 194 valence electrons. The molecule has 6 nitrogen and oxygen atoms in total. The van der Waals surface area contributed by atoms with Crippen molar-refractivity contribution in [3.63, 3.8) is 0 Å². The largest absolute Gasteiger partial charge is 0.351 e. The van der Waals surface area contributed by atoms with Crippen LogP contribution in [0.25, 0.3) is 5.69 Å². The normalized spacial score (nSPS) is 17.0. The van der Waals surface area contributed by atoms with Gasteiger partial charge in [-0.2, -0.15) is 0 Å². The number of benzene rings is 2. The summed E-state index contributed by atoms with van der Waals surface area (Å²) < 4.78 is 2.33. The van der Waals surface area contributed by atoms with E-state index in [0.717, 1.165) is 28.3 Å². The van der Waals surface area contributed by atoms with Crippen LogP contribution in [0.5, 0.6) is 0 Å². The van der Waals surface area contributed by atoms with Crippen LogP contribution in [0, 0.1) is 27.7 Å². The Balaban J connectivity index is 1.67. The van der Waals surface area contributed by atoms with Crippen molar-refractivity contribution in [3.05, 3.63) is 107 Å². The topological polar surface area (TPSA) is 62.2 Å². The molecule has 2 aromatic heterocycles. The van der Waals surface area contributed by atoms with Crippen molar-refractivity contribution in [1.82, 2.24) is 14.9 Å². The summed E-state index contributed by atoms with van der Waals surface area (Å²) in [5.41, 5.74) is 9.70. The number of nitrogens with zero attached hydrogens (tertiary/aromatic N) is 3. The summed E-state index contributed by atoms with van der Waals surface area (Å²) >= 11 is 5.97. The van der Waals surface area contributed by atoms with Gasteiger partial charge in [-0.25, -0.2) is 0 Å². The summed E-state index contributed by atoms with van der Waals surface area (Å²) in [7, 11) is 0. The minimum atomic E-state index is -0.132. The van der Waals surface area contributed by atoms with Crippen molar-refractivity contribution < 1.29 is 4.79 Å². The third kappa shape index (κ3) is 4.47. The van der Waals surface area contributed by atoms with Crippen molar-refractivity contribution in [2.75, 3.05) is 10.2 Å². The predicted octanol–water partition coefficient (Wildman–Crippen LogP) is 6.63. The lowest BCUT2D eigenvalue weighted by molar-refractivity contribution is -0.115. The van der Waals surface area contributed by atoms with E-state index in [1.807, 2.05) is 50.4 Å². The van der Waals surface area contributed by atoms with Gasteiger partial charge in [0, 0.05) is 46.6 Å². The molecular weight excluding hydrogens is 490 g/mol. The second-order valence-electron chi connectivity index (χ2n) is 9.78. The molecule has 0 spiro atoms. The van der Waals surface area contributed by atoms with Gasteiger partial charge in [0.1, 0.15) is 0 Å². The lowest BCUT2D eigenvalue weighted by Crippen LogP contribution is -2.30. The maximum absolute atomic E-state index is 12.0. The van der Waals surface area contributed by atoms with Crippen LogP contribution >= 0.6 is 12.2 Å². The lowest BCUT2D eigenvalue weighted by Gasteiger charge is -2.29. The Morgan fingerprint density at radius 3 is 2.37 bits per heavy atom. The summed E-state index contributed by atoms with van der Waals surface area (Å²) in [5, 5.41) is 7.23. The molecule has 1 aliphatic rings. The number of rotatable bonds is 6. The van der Waals surface area contributed by atoms with Gasteiger partial charge in [-0.3, -0.25) is 9.78 Å². The van der Waals surface area contributed by atoms with Gasteiger partial charge >= 0.3 is 0 Å². The molecule has 5 rings (SSSR count). The van der Waals surface area contributed by atoms with E-state index in [9.17, 15) is 4.79 Å². The summed E-state index contributed by atoms with van der Waals surface area (Å²) in [4.78, 5) is 19.0. The van der Waals surface area contributed by atoms with E-state index in [4.69, 9.17) is 17.2 Å². The quantitative estimate of drug-likeness (QED) is 0.278. The first-order chi connectivity index (χ1) is 18.3. The van der Waals surface area contributed by atoms with Crippen molar-refractivity contribution in [1.29, 1.82) is 0 Å². The van der Waals surface area contributed by atoms with E-state index in [0.29, 0.717) is 11.5 Å². The number of aromatic nitrogens is 2. The Labute approximate surface area is 229 Å². The lowest BCUT2D eigenvalue weighted by atomic mass is 9.93. The highest BCUT2D eigenvalue weighted by molar-refractivity contribution is 7.80. The number of anilines is 2. The molecule has 2 N–H and O–H groups in total. The van der Waals surface area contributed by atoms with E-state index in [2.05, 4.69) is 77.3 Å². The zero-order chi connectivity index (χ0) is 27.0. The van der Waals surface area contributed by atoms with E-state index in [1.54, 1.807) is 0 Å². The summed E-state index contributed by atoms with van der Waals surface area (Å²) in [6.45, 7) is 10.4. The number of pyridine rings is 1. The average Bonchev–Trinajstić information content (AvgIpc) is 3.37. The Kier molecular flexibility index (Phi) is 7.04. The van der Waals surface area contributed by atoms with Crippen molar-refractivity contribution in [2.45, 2.75) is 53.1 Å². The molecule has 0 radical (unpaired) electrons. The number of nitrogens with one attached hydrogen (secondary N) is 2. The van der Waals surface area contributed by atoms with Crippen molar-refractivity contribution in [3.8, 4) is 5.69 Å². The SMILES string of the molecule is CCC(=O)Nc1ccc(N2C(=S)N[C@@H](c3ccccn3)[C@H]2c2c(C)c(C)n(-c3ccccc3)c2C)cc1C. The maximum atomic E-state index is 12.0. The number of carbonyl (C=O) groups excluding carboxylic acids is 1. The molecule has 38 heavy (non-hydrogen) atoms. The van der Waals surface area contributed by atoms with Gasteiger partial charge in [0.25, 0.3) is 0 Å². The van der Waals surface area contributed by atoms with Gasteiger partial charge in [0.15, 0.2) is 5.11 Å². The molecule has 1 aliphatic heterocycles. The van der Waals surface area contributed by atoms with Crippen LogP contribution in [0.3, 0.4) is 0 Å². The second kappa shape index (κ2) is 10.4. The number of amides is 1. The molecule has 7 heteroatoms. The van der Waals surface area contributed by atoms with E-state index in [-0.39, 0.29) is 18.0 Å². The number of aryl methyl sites for hydroxylation is 1. The van der Waals surface area contributed by atoms with E-state index < -0.39 is 0 Å². The molecule has 1 amide bonds. The highest BCUT2D eigenvalue weighted by Crippen LogP contribution is 2.45. The molecule has 3 heterocycles. The first-order valence-corrected chi connectivity index (χ1v) is 13.4. The van der Waals surface area contributed by atoms with Crippen molar-refractivity contribution in [2.24, 2.45) is 0 Å². The second-order valence-corrected chi connectivity index (χ2v) is 10.2. The van der Waals surface area contributed by atoms with Crippen LogP contribution in [-0.2, 0) is 4.79 Å². The molecule has 0 unspecified atom stereocenters. The van der Waals surface area contributed by atoms with E-state index in [1.165, 1.54) is 22.5 Å². The average molecular weight is 524 g/mol. The van der Waals surface area contributed by atoms with Gasteiger partial charge in [-0.1, -0.05) is 31.2 Å². The molecule has 4 aromatic rings. The summed E-state index contributed by atoms with van der Waals surface area (Å²) in [6, 6.07) is 22.3. The van der Waals surface area contributed by atoms with Crippen LogP contribution < -0.4 is 15.5 Å². The Bertz CT molecular complexity index is 1500. The fourth-order valence-corrected chi connectivity index (χ4v) is 5.85. The van der Waals surface area contributed by atoms with Crippen LogP contribution in [-0.4, -0.2) is 20.6 Å². The number of para-hydroxylation sites is 1. The zero-order valence-electron chi connectivity index (χ0n) is 22.4. The third-order valence-corrected chi connectivity index (χ3v) is 7.81. The fourth-order valence-electron chi connectivity index (χ4n) is 5.51. The van der Waals surface area contributed by atoms with Crippen LogP contribution in [0.2, 0.25) is 0 Å². The van der Waals surface area contributed by atoms with Crippen LogP contribution in [0.1, 0.15) is 59.2 Å². The minimum Gasteiger partial charge on any atom is -0.351 e. The first-order valence-electron chi connectivity index (χ1n) is 13.0. The molecule has 2 aromatic carbocycles.